The molecule has 2 aliphatic rings. The van der Waals surface area contributed by atoms with E-state index in [-0.39, 0.29) is 12.1 Å². The molecule has 3 rings (SSSR count). The Morgan fingerprint density at radius 1 is 1.00 bits per heavy atom. The number of carbonyl (C=O) groups is 1. The summed E-state index contributed by atoms with van der Waals surface area (Å²) in [5.74, 6) is -1.59. The van der Waals surface area contributed by atoms with E-state index in [1.54, 1.807) is 51.1 Å². The van der Waals surface area contributed by atoms with Crippen LogP contribution >= 0.6 is 0 Å². The minimum atomic E-state index is -5.81. The van der Waals surface area contributed by atoms with Crippen LogP contribution in [0.5, 0.6) is 0 Å². The van der Waals surface area contributed by atoms with E-state index in [1.165, 1.54) is 4.90 Å². The van der Waals surface area contributed by atoms with Gasteiger partial charge < -0.3 is 4.90 Å². The molecule has 0 unspecified atom stereocenters. The molecule has 0 fully saturated rings. The van der Waals surface area contributed by atoms with E-state index in [0.29, 0.717) is 5.56 Å². The predicted octanol–water partition coefficient (Wildman–Crippen LogP) is 5.99. The van der Waals surface area contributed by atoms with Gasteiger partial charge in [0.1, 0.15) is 5.84 Å². The lowest BCUT2D eigenvalue weighted by molar-refractivity contribution is -0.283. The van der Waals surface area contributed by atoms with Gasteiger partial charge in [-0.15, -0.1) is 0 Å². The average Bonchev–Trinajstić information content (AvgIpc) is 2.58. The number of Topliss-reactive ketones (excluding diaryl/α,β-unsaturated/α-hetero) is 1. The largest absolute Gasteiger partial charge is 0.427 e. The Kier molecular flexibility index (Phi) is 5.11. The first kappa shape index (κ1) is 22.4. The zero-order valence-electron chi connectivity index (χ0n) is 16.9. The molecule has 30 heavy (non-hydrogen) atoms. The summed E-state index contributed by atoms with van der Waals surface area (Å²) in [6.45, 7) is 6.11. The second-order valence-electron chi connectivity index (χ2n) is 8.58. The molecule has 1 atom stereocenters. The van der Waals surface area contributed by atoms with Crippen molar-refractivity contribution in [3.05, 3.63) is 47.2 Å². The molecule has 1 heterocycles. The summed E-state index contributed by atoms with van der Waals surface area (Å²) in [7, 11) is 0. The van der Waals surface area contributed by atoms with Gasteiger partial charge >= 0.3 is 12.4 Å². The summed E-state index contributed by atoms with van der Waals surface area (Å²) >= 11 is 0. The molecule has 0 saturated carbocycles. The molecular formula is C21H22F6N2O. The fraction of sp³-hybridized carbons (Fsp3) is 0.524. The molecule has 9 heteroatoms. The maximum Gasteiger partial charge on any atom is 0.427 e. The van der Waals surface area contributed by atoms with Crippen molar-refractivity contribution >= 4 is 11.6 Å². The van der Waals surface area contributed by atoms with Gasteiger partial charge in [0.2, 0.25) is 0 Å². The van der Waals surface area contributed by atoms with Crippen LogP contribution < -0.4 is 0 Å². The quantitative estimate of drug-likeness (QED) is 0.538. The van der Waals surface area contributed by atoms with Crippen LogP contribution in [0.1, 0.15) is 52.1 Å². The number of ketones is 1. The minimum Gasteiger partial charge on any atom is -0.326 e. The normalized spacial score (nSPS) is 22.5. The van der Waals surface area contributed by atoms with E-state index >= 15 is 0 Å². The number of alkyl halides is 6. The number of hydrogen-bond donors (Lipinski definition) is 0. The number of aliphatic imine (C=N–C) groups is 1. The molecule has 1 aliphatic carbocycles. The monoisotopic (exact) mass is 432 g/mol. The molecule has 1 aromatic rings. The van der Waals surface area contributed by atoms with Crippen molar-refractivity contribution in [2.45, 2.75) is 64.5 Å². The molecule has 0 saturated heterocycles. The van der Waals surface area contributed by atoms with Crippen LogP contribution in [-0.2, 0) is 4.79 Å². The van der Waals surface area contributed by atoms with Crippen molar-refractivity contribution in [1.82, 2.24) is 4.90 Å². The summed E-state index contributed by atoms with van der Waals surface area (Å²) in [5.41, 5.74) is -6.21. The summed E-state index contributed by atoms with van der Waals surface area (Å²) in [5, 5.41) is 0. The van der Waals surface area contributed by atoms with Crippen LogP contribution in [-0.4, -0.2) is 34.4 Å². The number of amidine groups is 1. The van der Waals surface area contributed by atoms with Crippen molar-refractivity contribution in [3.63, 3.8) is 0 Å². The zero-order chi connectivity index (χ0) is 22.7. The number of rotatable bonds is 2. The lowest BCUT2D eigenvalue weighted by atomic mass is 9.69. The Morgan fingerprint density at radius 3 is 2.03 bits per heavy atom. The number of allylic oxidation sites excluding steroid dienone is 1. The SMILES string of the molecule is CC1=NC(C(F)(F)F)(C(F)(F)F)C2=C(CC(C)(C)CC2=O)N1[C@@H](C)c1ccccc1. The maximum absolute atomic E-state index is 14.0. The molecule has 0 N–H and O–H groups in total. The first-order chi connectivity index (χ1) is 13.6. The summed E-state index contributed by atoms with van der Waals surface area (Å²) < 4.78 is 84.1. The molecule has 1 aromatic carbocycles. The second kappa shape index (κ2) is 6.85. The van der Waals surface area contributed by atoms with Crippen LogP contribution in [0, 0.1) is 5.41 Å². The molecular weight excluding hydrogens is 410 g/mol. The first-order valence-corrected chi connectivity index (χ1v) is 9.43. The molecule has 0 aromatic heterocycles. The number of halogens is 6. The molecule has 0 amide bonds. The van der Waals surface area contributed by atoms with Gasteiger partial charge in [0.25, 0.3) is 5.54 Å². The standard InChI is InChI=1S/C21H22F6N2O/c1-12(14-8-6-5-7-9-14)29-13(2)28-19(20(22,23)24,21(25,26)27)17-15(29)10-18(3,4)11-16(17)30/h5-9,12H,10-11H2,1-4H3/t12-/m0/s1. The third-order valence-electron chi connectivity index (χ3n) is 5.67. The fourth-order valence-electron chi connectivity index (χ4n) is 4.42. The highest BCUT2D eigenvalue weighted by molar-refractivity contribution is 6.03. The van der Waals surface area contributed by atoms with E-state index in [9.17, 15) is 31.1 Å². The van der Waals surface area contributed by atoms with Crippen LogP contribution in [0.2, 0.25) is 0 Å². The molecule has 1 aliphatic heterocycles. The fourth-order valence-corrected chi connectivity index (χ4v) is 4.42. The molecule has 164 valence electrons. The Labute approximate surface area is 170 Å². The van der Waals surface area contributed by atoms with Gasteiger partial charge in [-0.1, -0.05) is 44.2 Å². The predicted molar refractivity (Wildman–Crippen MR) is 99.7 cm³/mol. The van der Waals surface area contributed by atoms with Crippen molar-refractivity contribution in [3.8, 4) is 0 Å². The van der Waals surface area contributed by atoms with E-state index in [0.717, 1.165) is 6.92 Å². The molecule has 0 spiro atoms. The second-order valence-corrected chi connectivity index (χ2v) is 8.58. The Bertz CT molecular complexity index is 898. The van der Waals surface area contributed by atoms with Crippen molar-refractivity contribution in [1.29, 1.82) is 0 Å². The summed E-state index contributed by atoms with van der Waals surface area (Å²) in [6, 6.07) is 8.05. The minimum absolute atomic E-state index is 0.105. The van der Waals surface area contributed by atoms with Crippen LogP contribution in [0.4, 0.5) is 26.3 Å². The first-order valence-electron chi connectivity index (χ1n) is 9.43. The smallest absolute Gasteiger partial charge is 0.326 e. The maximum atomic E-state index is 14.0. The Hall–Kier alpha value is -2.32. The van der Waals surface area contributed by atoms with Gasteiger partial charge in [-0.25, -0.2) is 4.99 Å². The van der Waals surface area contributed by atoms with E-state index in [1.807, 2.05) is 0 Å². The average molecular weight is 432 g/mol. The van der Waals surface area contributed by atoms with Gasteiger partial charge in [-0.3, -0.25) is 4.79 Å². The summed E-state index contributed by atoms with van der Waals surface area (Å²) in [6.07, 6.45) is -12.1. The van der Waals surface area contributed by atoms with Gasteiger partial charge in [-0.05, 0) is 31.2 Å². The highest BCUT2D eigenvalue weighted by atomic mass is 19.4. The topological polar surface area (TPSA) is 32.7 Å². The summed E-state index contributed by atoms with van der Waals surface area (Å²) in [4.78, 5) is 17.3. The van der Waals surface area contributed by atoms with E-state index in [2.05, 4.69) is 4.99 Å². The third-order valence-corrected chi connectivity index (χ3v) is 5.67. The third kappa shape index (κ3) is 3.32. The van der Waals surface area contributed by atoms with Crippen molar-refractivity contribution in [2.75, 3.05) is 0 Å². The molecule has 0 bridgehead atoms. The Morgan fingerprint density at radius 2 is 1.53 bits per heavy atom. The number of nitrogens with zero attached hydrogens (tertiary/aromatic N) is 2. The highest BCUT2D eigenvalue weighted by Gasteiger charge is 2.76. The number of hydrogen-bond acceptors (Lipinski definition) is 3. The van der Waals surface area contributed by atoms with Crippen LogP contribution in [0.15, 0.2) is 46.6 Å². The van der Waals surface area contributed by atoms with Crippen LogP contribution in [0.25, 0.3) is 0 Å². The number of carbonyl (C=O) groups excluding carboxylic acids is 1. The molecule has 3 nitrogen and oxygen atoms in total. The van der Waals surface area contributed by atoms with Gasteiger partial charge in [0, 0.05) is 12.1 Å². The van der Waals surface area contributed by atoms with Gasteiger partial charge in [0.15, 0.2) is 5.78 Å². The van der Waals surface area contributed by atoms with Crippen LogP contribution in [0.3, 0.4) is 0 Å². The lowest BCUT2D eigenvalue weighted by Gasteiger charge is -2.49. The van der Waals surface area contributed by atoms with E-state index in [4.69, 9.17) is 0 Å². The molecule has 0 radical (unpaired) electrons. The lowest BCUT2D eigenvalue weighted by Crippen LogP contribution is -2.63. The van der Waals surface area contributed by atoms with Crippen molar-refractivity contribution in [2.24, 2.45) is 10.4 Å². The highest BCUT2D eigenvalue weighted by Crippen LogP contribution is 2.57. The van der Waals surface area contributed by atoms with Gasteiger partial charge in [0.05, 0.1) is 11.6 Å². The zero-order valence-corrected chi connectivity index (χ0v) is 16.9. The number of benzene rings is 1. The van der Waals surface area contributed by atoms with E-state index < -0.39 is 53.0 Å². The van der Waals surface area contributed by atoms with Gasteiger partial charge in [-0.2, -0.15) is 26.3 Å². The Balaban J connectivity index is 2.34. The van der Waals surface area contributed by atoms with Crippen molar-refractivity contribution < 1.29 is 31.1 Å².